The van der Waals surface area contributed by atoms with Gasteiger partial charge < -0.3 is 14.7 Å². The monoisotopic (exact) mass is 471 g/mol. The quantitative estimate of drug-likeness (QED) is 0.586. The van der Waals surface area contributed by atoms with Gasteiger partial charge in [0.05, 0.1) is 23.4 Å². The van der Waals surface area contributed by atoms with Crippen LogP contribution in [0.3, 0.4) is 0 Å². The summed E-state index contributed by atoms with van der Waals surface area (Å²) in [5.41, 5.74) is 0.855. The summed E-state index contributed by atoms with van der Waals surface area (Å²) in [4.78, 5) is 2.34. The van der Waals surface area contributed by atoms with E-state index in [-0.39, 0.29) is 11.7 Å². The molecule has 0 radical (unpaired) electrons. The van der Waals surface area contributed by atoms with Crippen LogP contribution in [0.4, 0.5) is 5.69 Å². The molecule has 0 bridgehead atoms. The summed E-state index contributed by atoms with van der Waals surface area (Å²) in [5.74, 6) is 0.304. The Bertz CT molecular complexity index is 1110. The Morgan fingerprint density at radius 2 is 1.79 bits per heavy atom. The third-order valence-electron chi connectivity index (χ3n) is 7.96. The molecule has 180 valence electrons. The maximum atomic E-state index is 13.8. The van der Waals surface area contributed by atoms with Gasteiger partial charge in [-0.25, -0.2) is 8.42 Å². The molecule has 0 aromatic heterocycles. The molecular formula is C27H37NO4S. The number of unbranched alkanes of at least 4 members (excludes halogenated alkanes) is 1. The van der Waals surface area contributed by atoms with Crippen LogP contribution in [0.15, 0.2) is 47.4 Å². The van der Waals surface area contributed by atoms with E-state index in [1.807, 2.05) is 55.4 Å². The maximum absolute atomic E-state index is 13.8. The number of hydrogen-bond acceptors (Lipinski definition) is 5. The second-order valence-electron chi connectivity index (χ2n) is 10.0. The molecule has 1 aliphatic heterocycles. The molecule has 0 saturated heterocycles. The highest BCUT2D eigenvalue weighted by atomic mass is 32.2. The molecule has 0 amide bonds. The van der Waals surface area contributed by atoms with Crippen molar-refractivity contribution in [2.45, 2.75) is 62.4 Å². The van der Waals surface area contributed by atoms with Crippen molar-refractivity contribution in [1.29, 1.82) is 0 Å². The van der Waals surface area contributed by atoms with E-state index in [9.17, 15) is 13.5 Å². The van der Waals surface area contributed by atoms with Crippen LogP contribution in [0.25, 0.3) is 0 Å². The fraction of sp³-hybridized carbons (Fsp3) is 0.556. The molecular weight excluding hydrogens is 434 g/mol. The largest absolute Gasteiger partial charge is 0.497 e. The van der Waals surface area contributed by atoms with Crippen LogP contribution in [0.2, 0.25) is 0 Å². The van der Waals surface area contributed by atoms with E-state index in [4.69, 9.17) is 4.74 Å². The molecule has 1 N–H and O–H groups in total. The van der Waals surface area contributed by atoms with Gasteiger partial charge in [0.25, 0.3) is 0 Å². The number of anilines is 1. The molecule has 0 spiro atoms. The lowest BCUT2D eigenvalue weighted by molar-refractivity contribution is 0.0763. The lowest BCUT2D eigenvalue weighted by Gasteiger charge is -2.29. The zero-order valence-corrected chi connectivity index (χ0v) is 21.3. The van der Waals surface area contributed by atoms with E-state index < -0.39 is 26.8 Å². The highest BCUT2D eigenvalue weighted by Crippen LogP contribution is 2.74. The van der Waals surface area contributed by atoms with Gasteiger partial charge in [0.2, 0.25) is 0 Å². The highest BCUT2D eigenvalue weighted by molar-refractivity contribution is 7.91. The topological polar surface area (TPSA) is 66.8 Å². The van der Waals surface area contributed by atoms with E-state index in [0.717, 1.165) is 49.1 Å². The summed E-state index contributed by atoms with van der Waals surface area (Å²) in [6.07, 6.45) is 4.35. The lowest BCUT2D eigenvalue weighted by Crippen LogP contribution is -2.31. The third-order valence-corrected chi connectivity index (χ3v) is 9.90. The van der Waals surface area contributed by atoms with Crippen LogP contribution >= 0.6 is 0 Å². The number of fused-ring (bicyclic) bond motifs is 2. The Morgan fingerprint density at radius 3 is 2.36 bits per heavy atom. The summed E-state index contributed by atoms with van der Waals surface area (Å²) in [7, 11) is 1.97. The molecule has 1 fully saturated rings. The SMILES string of the molecule is CCCCC12CS(=O)(=O)c3ccc(N(C)C)cc3[C@@H](c3ccc(OC)cc3)C1(O)C2CCC. The molecule has 33 heavy (non-hydrogen) atoms. The lowest BCUT2D eigenvalue weighted by atomic mass is 9.79. The molecule has 2 aromatic rings. The van der Waals surface area contributed by atoms with Crippen molar-refractivity contribution >= 4 is 15.5 Å². The minimum absolute atomic E-state index is 0.0160. The van der Waals surface area contributed by atoms with E-state index >= 15 is 0 Å². The number of sulfone groups is 1. The number of methoxy groups -OCH3 is 1. The number of hydrogen-bond donors (Lipinski definition) is 1. The van der Waals surface area contributed by atoms with Crippen LogP contribution in [0.5, 0.6) is 5.75 Å². The van der Waals surface area contributed by atoms with Gasteiger partial charge in [0, 0.05) is 31.1 Å². The highest BCUT2D eigenvalue weighted by Gasteiger charge is 2.79. The smallest absolute Gasteiger partial charge is 0.179 e. The second kappa shape index (κ2) is 8.62. The average molecular weight is 472 g/mol. The average Bonchev–Trinajstić information content (AvgIpc) is 3.29. The zero-order valence-electron chi connectivity index (χ0n) is 20.5. The van der Waals surface area contributed by atoms with E-state index in [2.05, 4.69) is 13.8 Å². The number of ether oxygens (including phenoxy) is 1. The fourth-order valence-corrected chi connectivity index (χ4v) is 8.55. The van der Waals surface area contributed by atoms with Gasteiger partial charge in [-0.15, -0.1) is 0 Å². The zero-order chi connectivity index (χ0) is 24.0. The van der Waals surface area contributed by atoms with E-state index in [0.29, 0.717) is 10.5 Å². The molecule has 2 aliphatic rings. The Labute approximate surface area is 198 Å². The molecule has 1 heterocycles. The summed E-state index contributed by atoms with van der Waals surface area (Å²) >= 11 is 0. The Kier molecular flexibility index (Phi) is 6.29. The molecule has 1 aliphatic carbocycles. The van der Waals surface area contributed by atoms with Crippen LogP contribution < -0.4 is 9.64 Å². The predicted molar refractivity (Wildman–Crippen MR) is 133 cm³/mol. The Balaban J connectivity index is 2.00. The standard InChI is InChI=1S/C27H37NO4S/c1-6-8-16-26-18-33(30,31)23-15-12-20(28(3)4)17-22(23)25(27(26,29)24(26)9-7-2)19-10-13-21(32-5)14-11-19/h10-15,17,24-25,29H,6-9,16,18H2,1-5H3/t24?,25-,26?,27?/m1/s1. The Morgan fingerprint density at radius 1 is 1.09 bits per heavy atom. The van der Waals surface area contributed by atoms with Gasteiger partial charge in [-0.05, 0) is 60.2 Å². The van der Waals surface area contributed by atoms with E-state index in [1.54, 1.807) is 13.2 Å². The molecule has 2 aromatic carbocycles. The number of rotatable bonds is 8. The molecule has 3 unspecified atom stereocenters. The number of benzene rings is 2. The summed E-state index contributed by atoms with van der Waals surface area (Å²) in [6, 6.07) is 13.3. The molecule has 6 heteroatoms. The van der Waals surface area contributed by atoms with Gasteiger partial charge >= 0.3 is 0 Å². The van der Waals surface area contributed by atoms with E-state index in [1.165, 1.54) is 0 Å². The minimum atomic E-state index is -3.56. The van der Waals surface area contributed by atoms with Crippen molar-refractivity contribution in [1.82, 2.24) is 0 Å². The first-order valence-electron chi connectivity index (χ1n) is 12.1. The molecule has 4 rings (SSSR count). The fourth-order valence-electron chi connectivity index (χ4n) is 6.33. The van der Waals surface area contributed by atoms with Gasteiger partial charge in [0.15, 0.2) is 9.84 Å². The van der Waals surface area contributed by atoms with Crippen molar-refractivity contribution in [2.75, 3.05) is 31.9 Å². The minimum Gasteiger partial charge on any atom is -0.497 e. The normalized spacial score (nSPS) is 29.5. The van der Waals surface area contributed by atoms with Crippen molar-refractivity contribution in [3.63, 3.8) is 0 Å². The maximum Gasteiger partial charge on any atom is 0.179 e. The third kappa shape index (κ3) is 3.66. The van der Waals surface area contributed by atoms with Crippen LogP contribution in [-0.2, 0) is 9.84 Å². The number of aliphatic hydroxyl groups is 1. The van der Waals surface area contributed by atoms with Gasteiger partial charge in [-0.2, -0.15) is 0 Å². The van der Waals surface area contributed by atoms with Gasteiger partial charge in [-0.1, -0.05) is 45.2 Å². The predicted octanol–water partition coefficient (Wildman–Crippen LogP) is 5.02. The first-order valence-corrected chi connectivity index (χ1v) is 13.7. The number of nitrogens with zero attached hydrogens (tertiary/aromatic N) is 1. The van der Waals surface area contributed by atoms with Crippen molar-refractivity contribution in [3.05, 3.63) is 53.6 Å². The first-order chi connectivity index (χ1) is 15.7. The summed E-state index contributed by atoms with van der Waals surface area (Å²) in [6.45, 7) is 4.24. The second-order valence-corrected chi connectivity index (χ2v) is 12.0. The van der Waals surface area contributed by atoms with Crippen LogP contribution in [0.1, 0.15) is 63.0 Å². The van der Waals surface area contributed by atoms with Crippen molar-refractivity contribution in [3.8, 4) is 5.75 Å². The first kappa shape index (κ1) is 24.1. The van der Waals surface area contributed by atoms with Gasteiger partial charge in [0.1, 0.15) is 5.75 Å². The summed E-state index contributed by atoms with van der Waals surface area (Å²) in [5, 5.41) is 12.5. The van der Waals surface area contributed by atoms with Crippen molar-refractivity contribution in [2.24, 2.45) is 11.3 Å². The molecule has 1 saturated carbocycles. The van der Waals surface area contributed by atoms with Crippen LogP contribution in [0, 0.1) is 11.3 Å². The van der Waals surface area contributed by atoms with Crippen LogP contribution in [-0.4, -0.2) is 46.1 Å². The Hall–Kier alpha value is -2.05. The summed E-state index contributed by atoms with van der Waals surface area (Å²) < 4.78 is 33.0. The molecule has 4 atom stereocenters. The van der Waals surface area contributed by atoms with Gasteiger partial charge in [-0.3, -0.25) is 0 Å². The van der Waals surface area contributed by atoms with Crippen molar-refractivity contribution < 1.29 is 18.3 Å². The molecule has 5 nitrogen and oxygen atoms in total.